The fourth-order valence-corrected chi connectivity index (χ4v) is 2.44. The third-order valence-electron chi connectivity index (χ3n) is 3.77. The van der Waals surface area contributed by atoms with Gasteiger partial charge in [0.2, 0.25) is 0 Å². The van der Waals surface area contributed by atoms with Crippen LogP contribution in [0.4, 0.5) is 0 Å². The fourth-order valence-electron chi connectivity index (χ4n) is 2.44. The molecule has 0 aliphatic carbocycles. The van der Waals surface area contributed by atoms with E-state index in [1.807, 2.05) is 18.2 Å². The van der Waals surface area contributed by atoms with Crippen LogP contribution in [0.25, 0.3) is 0 Å². The van der Waals surface area contributed by atoms with E-state index in [0.29, 0.717) is 0 Å². The van der Waals surface area contributed by atoms with E-state index in [4.69, 9.17) is 0 Å². The quantitative estimate of drug-likeness (QED) is 0.553. The summed E-state index contributed by atoms with van der Waals surface area (Å²) in [6.07, 6.45) is 8.34. The maximum atomic E-state index is 4.00. The van der Waals surface area contributed by atoms with Crippen molar-refractivity contribution in [1.29, 1.82) is 0 Å². The van der Waals surface area contributed by atoms with Crippen LogP contribution in [0.15, 0.2) is 36.8 Å². The van der Waals surface area contributed by atoms with Crippen molar-refractivity contribution in [2.45, 2.75) is 19.3 Å². The highest BCUT2D eigenvalue weighted by Crippen LogP contribution is 2.03. The second-order valence-electron chi connectivity index (χ2n) is 5.34. The van der Waals surface area contributed by atoms with E-state index in [1.165, 1.54) is 17.1 Å². The lowest BCUT2D eigenvalue weighted by Gasteiger charge is -2.21. The van der Waals surface area contributed by atoms with Crippen molar-refractivity contribution < 1.29 is 0 Å². The van der Waals surface area contributed by atoms with Gasteiger partial charge in [0.1, 0.15) is 0 Å². The Morgan fingerprint density at radius 3 is 1.27 bits per heavy atom. The molecule has 0 aromatic carbocycles. The minimum atomic E-state index is 0.978. The number of rotatable bonds is 9. The van der Waals surface area contributed by atoms with E-state index in [9.17, 15) is 0 Å². The zero-order chi connectivity index (χ0) is 15.0. The predicted molar refractivity (Wildman–Crippen MR) is 83.3 cm³/mol. The van der Waals surface area contributed by atoms with E-state index in [-0.39, 0.29) is 0 Å². The molecule has 0 saturated carbocycles. The van der Waals surface area contributed by atoms with Crippen molar-refractivity contribution in [1.82, 2.24) is 35.5 Å². The van der Waals surface area contributed by atoms with E-state index in [2.05, 4.69) is 35.5 Å². The number of hydrogen-bond acceptors (Lipinski definition) is 4. The largest absolute Gasteiger partial charge is 0.302 e. The topological polar surface area (TPSA) is 89.3 Å². The van der Waals surface area contributed by atoms with Crippen LogP contribution >= 0.6 is 0 Å². The summed E-state index contributed by atoms with van der Waals surface area (Å²) in [6, 6.07) is 6.09. The molecule has 0 atom stereocenters. The molecule has 0 spiro atoms. The number of hydrogen-bond donors (Lipinski definition) is 3. The molecule has 0 aliphatic rings. The monoisotopic (exact) mass is 299 g/mol. The molecule has 0 saturated heterocycles. The van der Waals surface area contributed by atoms with Gasteiger partial charge in [-0.3, -0.25) is 15.3 Å². The molecule has 0 aliphatic heterocycles. The van der Waals surface area contributed by atoms with Crippen molar-refractivity contribution >= 4 is 0 Å². The van der Waals surface area contributed by atoms with Gasteiger partial charge >= 0.3 is 0 Å². The Morgan fingerprint density at radius 1 is 0.636 bits per heavy atom. The van der Waals surface area contributed by atoms with Crippen molar-refractivity contribution in [2.24, 2.45) is 0 Å². The first kappa shape index (κ1) is 14.5. The fraction of sp³-hybridized carbons (Fsp3) is 0.400. The highest BCUT2D eigenvalue weighted by Gasteiger charge is 2.08. The van der Waals surface area contributed by atoms with Gasteiger partial charge in [0, 0.05) is 74.6 Å². The standard InChI is InChI=1S/C15H21N7/c1-7-16-19-13(1)4-10-22(11-5-14-2-8-17-20-14)12-6-15-3-9-18-21-15/h1-3,7-9H,4-6,10-12H2,(H,16,19)(H,17,20)(H,18,21). The maximum Gasteiger partial charge on any atom is 0.0490 e. The predicted octanol–water partition coefficient (Wildman–Crippen LogP) is 1.19. The van der Waals surface area contributed by atoms with Crippen LogP contribution in [0, 0.1) is 0 Å². The Kier molecular flexibility index (Phi) is 4.99. The van der Waals surface area contributed by atoms with Gasteiger partial charge < -0.3 is 4.90 Å². The number of H-pyrrole nitrogens is 3. The second kappa shape index (κ2) is 7.56. The third kappa shape index (κ3) is 4.29. The van der Waals surface area contributed by atoms with Gasteiger partial charge in [-0.25, -0.2) is 0 Å². The first-order valence-corrected chi connectivity index (χ1v) is 7.57. The molecular weight excluding hydrogens is 278 g/mol. The van der Waals surface area contributed by atoms with Crippen LogP contribution in [-0.4, -0.2) is 55.1 Å². The van der Waals surface area contributed by atoms with Crippen LogP contribution in [0.5, 0.6) is 0 Å². The normalized spacial score (nSPS) is 11.3. The van der Waals surface area contributed by atoms with Crippen molar-refractivity contribution in [3.8, 4) is 0 Å². The molecule has 3 rings (SSSR count). The molecular formula is C15H21N7. The van der Waals surface area contributed by atoms with Gasteiger partial charge in [0.05, 0.1) is 0 Å². The SMILES string of the molecule is c1cc(CCN(CCc2ccn[nH]2)CCc2ccn[nH]2)[nH]n1. The lowest BCUT2D eigenvalue weighted by molar-refractivity contribution is 0.281. The van der Waals surface area contributed by atoms with Gasteiger partial charge in [-0.1, -0.05) is 0 Å². The Bertz CT molecular complexity index is 522. The first-order valence-electron chi connectivity index (χ1n) is 7.57. The Hall–Kier alpha value is -2.41. The Morgan fingerprint density at radius 2 is 1.00 bits per heavy atom. The Balaban J connectivity index is 1.51. The van der Waals surface area contributed by atoms with Crippen LogP contribution in [-0.2, 0) is 19.3 Å². The molecule has 0 amide bonds. The summed E-state index contributed by atoms with van der Waals surface area (Å²) in [4.78, 5) is 2.46. The molecule has 0 bridgehead atoms. The minimum absolute atomic E-state index is 0.978. The molecule has 0 radical (unpaired) electrons. The molecule has 22 heavy (non-hydrogen) atoms. The molecule has 0 unspecified atom stereocenters. The smallest absolute Gasteiger partial charge is 0.0490 e. The third-order valence-corrected chi connectivity index (χ3v) is 3.77. The highest BCUT2D eigenvalue weighted by atomic mass is 15.2. The second-order valence-corrected chi connectivity index (χ2v) is 5.34. The summed E-state index contributed by atoms with van der Waals surface area (Å²) in [7, 11) is 0. The molecule has 116 valence electrons. The zero-order valence-corrected chi connectivity index (χ0v) is 12.5. The molecule has 3 aromatic rings. The first-order chi connectivity index (χ1) is 10.9. The van der Waals surface area contributed by atoms with E-state index >= 15 is 0 Å². The number of nitrogens with one attached hydrogen (secondary N) is 3. The van der Waals surface area contributed by atoms with Crippen LogP contribution in [0.1, 0.15) is 17.1 Å². The molecule has 3 heterocycles. The van der Waals surface area contributed by atoms with Gasteiger partial charge in [-0.05, 0) is 18.2 Å². The molecule has 7 heteroatoms. The van der Waals surface area contributed by atoms with E-state index in [0.717, 1.165) is 38.9 Å². The number of aromatic amines is 3. The molecule has 0 fully saturated rings. The number of aromatic nitrogens is 6. The van der Waals surface area contributed by atoms with Crippen LogP contribution in [0.3, 0.4) is 0 Å². The van der Waals surface area contributed by atoms with Gasteiger partial charge in [-0.2, -0.15) is 15.3 Å². The van der Waals surface area contributed by atoms with Gasteiger partial charge in [-0.15, -0.1) is 0 Å². The Labute approximate surface area is 129 Å². The highest BCUT2D eigenvalue weighted by molar-refractivity contribution is 5.01. The van der Waals surface area contributed by atoms with Crippen LogP contribution in [0.2, 0.25) is 0 Å². The zero-order valence-electron chi connectivity index (χ0n) is 12.5. The van der Waals surface area contributed by atoms with E-state index < -0.39 is 0 Å². The summed E-state index contributed by atoms with van der Waals surface area (Å²) < 4.78 is 0. The summed E-state index contributed by atoms with van der Waals surface area (Å²) in [6.45, 7) is 3.01. The van der Waals surface area contributed by atoms with Gasteiger partial charge in [0.25, 0.3) is 0 Å². The van der Waals surface area contributed by atoms with Crippen LogP contribution < -0.4 is 0 Å². The average molecular weight is 299 g/mol. The lowest BCUT2D eigenvalue weighted by atomic mass is 10.2. The van der Waals surface area contributed by atoms with Crippen molar-refractivity contribution in [3.05, 3.63) is 53.9 Å². The summed E-state index contributed by atoms with van der Waals surface area (Å²) in [5.74, 6) is 0. The van der Waals surface area contributed by atoms with Gasteiger partial charge in [0.15, 0.2) is 0 Å². The maximum absolute atomic E-state index is 4.00. The molecule has 3 aromatic heterocycles. The van der Waals surface area contributed by atoms with Crippen molar-refractivity contribution in [3.63, 3.8) is 0 Å². The lowest BCUT2D eigenvalue weighted by Crippen LogP contribution is -2.30. The van der Waals surface area contributed by atoms with E-state index in [1.54, 1.807) is 18.6 Å². The summed E-state index contributed by atoms with van der Waals surface area (Å²) >= 11 is 0. The average Bonchev–Trinajstić information content (AvgIpc) is 3.29. The number of nitrogens with zero attached hydrogens (tertiary/aromatic N) is 4. The molecule has 7 nitrogen and oxygen atoms in total. The minimum Gasteiger partial charge on any atom is -0.302 e. The summed E-state index contributed by atoms with van der Waals surface area (Å²) in [5.41, 5.74) is 3.52. The van der Waals surface area contributed by atoms with Crippen molar-refractivity contribution in [2.75, 3.05) is 19.6 Å². The molecule has 3 N–H and O–H groups in total. The summed E-state index contributed by atoms with van der Waals surface area (Å²) in [5, 5.41) is 21.1.